The molecule has 0 amide bonds. The van der Waals surface area contributed by atoms with E-state index in [0.29, 0.717) is 26.4 Å². The molecule has 10 nitrogen and oxygen atoms in total. The van der Waals surface area contributed by atoms with Crippen molar-refractivity contribution in [3.8, 4) is 11.5 Å². The first kappa shape index (κ1) is 42.9. The molecule has 2 N–H and O–H groups in total. The number of rotatable bonds is 12. The maximum absolute atomic E-state index is 12.1. The highest BCUT2D eigenvalue weighted by atomic mass is 16.7. The van der Waals surface area contributed by atoms with Crippen molar-refractivity contribution in [1.82, 2.24) is 0 Å². The van der Waals surface area contributed by atoms with Gasteiger partial charge in [0.15, 0.2) is 12.6 Å². The Morgan fingerprint density at radius 2 is 1.00 bits per heavy atom. The van der Waals surface area contributed by atoms with Crippen molar-refractivity contribution in [2.24, 2.45) is 21.7 Å². The van der Waals surface area contributed by atoms with Crippen LogP contribution in [0.3, 0.4) is 0 Å². The van der Waals surface area contributed by atoms with Gasteiger partial charge in [-0.05, 0) is 73.9 Å². The van der Waals surface area contributed by atoms with Crippen molar-refractivity contribution in [2.45, 2.75) is 130 Å². The van der Waals surface area contributed by atoms with Gasteiger partial charge in [-0.1, -0.05) is 79.7 Å². The lowest BCUT2D eigenvalue weighted by atomic mass is 9.59. The molecule has 0 aromatic heterocycles. The largest absolute Gasteiger partial charge is 0.497 e. The quantitative estimate of drug-likeness (QED) is 0.220. The third-order valence-corrected chi connectivity index (χ3v) is 12.4. The summed E-state index contributed by atoms with van der Waals surface area (Å²) in [6, 6.07) is 15.5. The van der Waals surface area contributed by atoms with Crippen molar-refractivity contribution >= 4 is 0 Å². The highest BCUT2D eigenvalue weighted by Crippen LogP contribution is 2.59. The van der Waals surface area contributed by atoms with Crippen LogP contribution in [0, 0.1) is 21.7 Å². The van der Waals surface area contributed by atoms with Crippen LogP contribution in [0.2, 0.25) is 0 Å². The molecule has 2 aromatic carbocycles. The zero-order chi connectivity index (χ0) is 39.4. The van der Waals surface area contributed by atoms with Gasteiger partial charge in [-0.25, -0.2) is 0 Å². The van der Waals surface area contributed by atoms with Gasteiger partial charge in [-0.3, -0.25) is 0 Å². The zero-order valence-electron chi connectivity index (χ0n) is 34.6. The summed E-state index contributed by atoms with van der Waals surface area (Å²) in [4.78, 5) is 0. The van der Waals surface area contributed by atoms with Gasteiger partial charge in [-0.2, -0.15) is 0 Å². The third kappa shape index (κ3) is 8.52. The lowest BCUT2D eigenvalue weighted by molar-refractivity contribution is -0.222. The topological polar surface area (TPSA) is 114 Å². The Kier molecular flexibility index (Phi) is 13.5. The molecule has 4 heterocycles. The molecule has 54 heavy (non-hydrogen) atoms. The average molecular weight is 757 g/mol. The normalized spacial score (nSPS) is 31.0. The van der Waals surface area contributed by atoms with Gasteiger partial charge in [0.25, 0.3) is 0 Å². The van der Waals surface area contributed by atoms with E-state index in [-0.39, 0.29) is 12.6 Å². The minimum absolute atomic E-state index is 0.178. The number of hydrogen-bond donors (Lipinski definition) is 2. The van der Waals surface area contributed by atoms with Crippen molar-refractivity contribution in [3.63, 3.8) is 0 Å². The molecule has 2 aromatic rings. The maximum Gasteiger partial charge on any atom is 0.157 e. The van der Waals surface area contributed by atoms with E-state index in [0.717, 1.165) is 74.4 Å². The summed E-state index contributed by atoms with van der Waals surface area (Å²) in [5.41, 5.74) is -2.32. The van der Waals surface area contributed by atoms with E-state index in [2.05, 4.69) is 55.4 Å². The summed E-state index contributed by atoms with van der Waals surface area (Å²) in [6.45, 7) is 19.7. The summed E-state index contributed by atoms with van der Waals surface area (Å²) in [5, 5.41) is 24.1. The average Bonchev–Trinajstić information content (AvgIpc) is 3.58. The monoisotopic (exact) mass is 756 g/mol. The predicted molar refractivity (Wildman–Crippen MR) is 207 cm³/mol. The predicted octanol–water partition coefficient (Wildman–Crippen LogP) is 8.19. The molecule has 0 aliphatic carbocycles. The third-order valence-electron chi connectivity index (χ3n) is 12.4. The number of methoxy groups -OCH3 is 2. The fraction of sp³-hybridized carbons (Fsp3) is 0.727. The molecule has 6 atom stereocenters. The summed E-state index contributed by atoms with van der Waals surface area (Å²) in [6.07, 6.45) is 4.98. The Balaban J connectivity index is 0.000000208. The van der Waals surface area contributed by atoms with E-state index >= 15 is 0 Å². The fourth-order valence-electron chi connectivity index (χ4n) is 9.09. The maximum atomic E-state index is 12.1. The molecule has 0 saturated carbocycles. The van der Waals surface area contributed by atoms with Gasteiger partial charge in [-0.15, -0.1) is 0 Å². The molecule has 4 fully saturated rings. The van der Waals surface area contributed by atoms with Crippen LogP contribution in [0.15, 0.2) is 48.5 Å². The minimum atomic E-state index is -1.11. The lowest BCUT2D eigenvalue weighted by Gasteiger charge is -2.50. The molecule has 4 aliphatic heterocycles. The standard InChI is InChI=1S/2C22H34O5/c2*1-20(2,14-26-18-11-6-7-12-25-18)22(23)19(27-15-21(22,3)4)16-9-8-10-17(13-16)24-5/h2*8-10,13,18-19,23H,6-7,11-12,14-15H2,1-5H3/t18?,19-,22+;18?,19-,22-/m00/s1. The Bertz CT molecular complexity index is 1380. The molecule has 4 saturated heterocycles. The molecule has 304 valence electrons. The van der Waals surface area contributed by atoms with Crippen molar-refractivity contribution in [3.05, 3.63) is 59.7 Å². The van der Waals surface area contributed by atoms with Gasteiger partial charge in [0.1, 0.15) is 34.9 Å². The van der Waals surface area contributed by atoms with Crippen molar-refractivity contribution in [2.75, 3.05) is 53.9 Å². The number of ether oxygens (including phenoxy) is 8. The van der Waals surface area contributed by atoms with E-state index in [1.807, 2.05) is 48.5 Å². The molecule has 10 heteroatoms. The van der Waals surface area contributed by atoms with E-state index < -0.39 is 45.1 Å². The Hall–Kier alpha value is -2.28. The Morgan fingerprint density at radius 1 is 0.611 bits per heavy atom. The van der Waals surface area contributed by atoms with Crippen LogP contribution in [-0.2, 0) is 28.4 Å². The molecule has 6 rings (SSSR count). The highest BCUT2D eigenvalue weighted by Gasteiger charge is 2.65. The second kappa shape index (κ2) is 17.1. The van der Waals surface area contributed by atoms with Crippen LogP contribution < -0.4 is 9.47 Å². The molecule has 0 spiro atoms. The second-order valence-corrected chi connectivity index (χ2v) is 18.2. The van der Waals surface area contributed by atoms with Crippen LogP contribution in [0.5, 0.6) is 11.5 Å². The van der Waals surface area contributed by atoms with E-state index in [1.54, 1.807) is 14.2 Å². The molecular weight excluding hydrogens is 688 g/mol. The highest BCUT2D eigenvalue weighted by molar-refractivity contribution is 5.35. The fourth-order valence-corrected chi connectivity index (χ4v) is 9.09. The van der Waals surface area contributed by atoms with Crippen LogP contribution in [0.25, 0.3) is 0 Å². The van der Waals surface area contributed by atoms with E-state index in [4.69, 9.17) is 37.9 Å². The zero-order valence-corrected chi connectivity index (χ0v) is 34.6. The molecule has 0 radical (unpaired) electrons. The van der Waals surface area contributed by atoms with Gasteiger partial charge < -0.3 is 48.1 Å². The number of hydrogen-bond acceptors (Lipinski definition) is 10. The minimum Gasteiger partial charge on any atom is -0.497 e. The first-order valence-corrected chi connectivity index (χ1v) is 19.8. The van der Waals surface area contributed by atoms with Gasteiger partial charge in [0.2, 0.25) is 0 Å². The summed E-state index contributed by atoms with van der Waals surface area (Å²) in [7, 11) is 3.29. The van der Waals surface area contributed by atoms with Crippen LogP contribution in [-0.4, -0.2) is 87.9 Å². The van der Waals surface area contributed by atoms with Gasteiger partial charge in [0.05, 0.1) is 40.6 Å². The summed E-state index contributed by atoms with van der Waals surface area (Å²) >= 11 is 0. The molecule has 4 aliphatic rings. The Labute approximate surface area is 324 Å². The second-order valence-electron chi connectivity index (χ2n) is 18.2. The number of aliphatic hydroxyl groups is 2. The van der Waals surface area contributed by atoms with Crippen LogP contribution in [0.1, 0.15) is 117 Å². The van der Waals surface area contributed by atoms with Crippen LogP contribution >= 0.6 is 0 Å². The summed E-state index contributed by atoms with van der Waals surface area (Å²) < 4.78 is 46.6. The first-order valence-electron chi connectivity index (χ1n) is 19.8. The first-order chi connectivity index (χ1) is 25.4. The smallest absolute Gasteiger partial charge is 0.157 e. The SMILES string of the molecule is COc1cccc([C@@H]2OCC(C)(C)[C@@]2(O)C(C)(C)COC2CCCCO2)c1.COc1cccc([C@@H]2OCC(C)(C)[C@]2(O)C(C)(C)COC2CCCCO2)c1. The summed E-state index contributed by atoms with van der Waals surface area (Å²) in [5.74, 6) is 1.51. The number of benzene rings is 2. The van der Waals surface area contributed by atoms with Crippen molar-refractivity contribution in [1.29, 1.82) is 0 Å². The van der Waals surface area contributed by atoms with E-state index in [1.165, 1.54) is 0 Å². The van der Waals surface area contributed by atoms with Gasteiger partial charge >= 0.3 is 0 Å². The lowest BCUT2D eigenvalue weighted by Crippen LogP contribution is -2.58. The van der Waals surface area contributed by atoms with Crippen LogP contribution in [0.4, 0.5) is 0 Å². The Morgan fingerprint density at radius 3 is 1.33 bits per heavy atom. The van der Waals surface area contributed by atoms with E-state index in [9.17, 15) is 10.2 Å². The molecule has 2 unspecified atom stereocenters. The van der Waals surface area contributed by atoms with Crippen molar-refractivity contribution < 1.29 is 48.1 Å². The molecular formula is C44H68O10. The van der Waals surface area contributed by atoms with Gasteiger partial charge in [0, 0.05) is 34.9 Å². The molecule has 0 bridgehead atoms.